The van der Waals surface area contributed by atoms with E-state index in [1.165, 1.54) is 6.92 Å². The first-order valence-electron chi connectivity index (χ1n) is 10.9. The second-order valence-corrected chi connectivity index (χ2v) is 8.26. The summed E-state index contributed by atoms with van der Waals surface area (Å²) < 4.78 is 0. The average Bonchev–Trinajstić information content (AvgIpc) is 3.12. The number of amides is 4. The van der Waals surface area contributed by atoms with Gasteiger partial charge in [0, 0.05) is 39.3 Å². The predicted octanol–water partition coefficient (Wildman–Crippen LogP) is -1.21. The Kier molecular flexibility index (Phi) is 9.19. The molecule has 1 aliphatic carbocycles. The Labute approximate surface area is 192 Å². The SMILES string of the molecule is CC(=O)N[C@H](CCC(N)=O)C(=O)NC1(C(=O)NCCCCNC(=N)N)Cc2ccccc2C1. The molecule has 0 bridgehead atoms. The van der Waals surface area contributed by atoms with E-state index in [0.29, 0.717) is 38.8 Å². The molecule has 0 radical (unpaired) electrons. The maximum Gasteiger partial charge on any atom is 0.246 e. The van der Waals surface area contributed by atoms with Crippen molar-refractivity contribution in [3.63, 3.8) is 0 Å². The number of carbonyl (C=O) groups is 4. The van der Waals surface area contributed by atoms with Gasteiger partial charge in [-0.1, -0.05) is 24.3 Å². The molecule has 11 nitrogen and oxygen atoms in total. The van der Waals surface area contributed by atoms with Gasteiger partial charge in [-0.15, -0.1) is 0 Å². The topological polar surface area (TPSA) is 192 Å². The minimum absolute atomic E-state index is 0.0363. The molecule has 2 rings (SSSR count). The predicted molar refractivity (Wildman–Crippen MR) is 123 cm³/mol. The Balaban J connectivity index is 2.10. The van der Waals surface area contributed by atoms with E-state index >= 15 is 0 Å². The van der Waals surface area contributed by atoms with Crippen LogP contribution in [0.1, 0.15) is 43.7 Å². The summed E-state index contributed by atoms with van der Waals surface area (Å²) in [6.45, 7) is 2.19. The van der Waals surface area contributed by atoms with Crippen LogP contribution in [0.4, 0.5) is 0 Å². The largest absolute Gasteiger partial charge is 0.370 e. The number of nitrogens with two attached hydrogens (primary N) is 2. The van der Waals surface area contributed by atoms with Gasteiger partial charge in [-0.2, -0.15) is 0 Å². The summed E-state index contributed by atoms with van der Waals surface area (Å²) >= 11 is 0. The van der Waals surface area contributed by atoms with Gasteiger partial charge in [0.2, 0.25) is 23.6 Å². The maximum atomic E-state index is 13.3. The summed E-state index contributed by atoms with van der Waals surface area (Å²) in [5, 5.41) is 18.1. The second-order valence-electron chi connectivity index (χ2n) is 8.26. The molecule has 0 saturated heterocycles. The molecule has 0 fully saturated rings. The zero-order valence-corrected chi connectivity index (χ0v) is 18.8. The molecule has 11 heteroatoms. The number of guanidine groups is 1. The number of rotatable bonds is 12. The van der Waals surface area contributed by atoms with Crippen molar-refractivity contribution in [1.82, 2.24) is 21.3 Å². The summed E-state index contributed by atoms with van der Waals surface area (Å²) in [7, 11) is 0. The Hall–Kier alpha value is -3.63. The van der Waals surface area contributed by atoms with Gasteiger partial charge in [0.1, 0.15) is 11.6 Å². The molecule has 180 valence electrons. The molecule has 0 saturated carbocycles. The van der Waals surface area contributed by atoms with Crippen LogP contribution in [0.15, 0.2) is 24.3 Å². The molecule has 0 aromatic heterocycles. The van der Waals surface area contributed by atoms with Gasteiger partial charge < -0.3 is 32.7 Å². The van der Waals surface area contributed by atoms with E-state index in [-0.39, 0.29) is 24.7 Å². The van der Waals surface area contributed by atoms with E-state index in [1.807, 2.05) is 24.3 Å². The lowest BCUT2D eigenvalue weighted by Gasteiger charge is -2.31. The number of hydrogen-bond donors (Lipinski definition) is 7. The van der Waals surface area contributed by atoms with Gasteiger partial charge in [0.05, 0.1) is 0 Å². The smallest absolute Gasteiger partial charge is 0.246 e. The highest BCUT2D eigenvalue weighted by molar-refractivity contribution is 5.95. The Morgan fingerprint density at radius 1 is 1.03 bits per heavy atom. The van der Waals surface area contributed by atoms with Crippen molar-refractivity contribution < 1.29 is 19.2 Å². The third kappa shape index (κ3) is 7.78. The van der Waals surface area contributed by atoms with Crippen LogP contribution >= 0.6 is 0 Å². The summed E-state index contributed by atoms with van der Waals surface area (Å²) in [5.74, 6) is -1.97. The third-order valence-electron chi connectivity index (χ3n) is 5.48. The minimum Gasteiger partial charge on any atom is -0.370 e. The highest BCUT2D eigenvalue weighted by Gasteiger charge is 2.45. The van der Waals surface area contributed by atoms with Crippen molar-refractivity contribution in [2.24, 2.45) is 11.5 Å². The fraction of sp³-hybridized carbons (Fsp3) is 0.500. The monoisotopic (exact) mass is 459 g/mol. The molecule has 0 unspecified atom stereocenters. The van der Waals surface area contributed by atoms with Crippen LogP contribution in [0, 0.1) is 5.41 Å². The van der Waals surface area contributed by atoms with Crippen LogP contribution in [0.2, 0.25) is 0 Å². The first-order valence-corrected chi connectivity index (χ1v) is 10.9. The van der Waals surface area contributed by atoms with Crippen LogP contribution in [0.25, 0.3) is 0 Å². The van der Waals surface area contributed by atoms with Gasteiger partial charge in [0.15, 0.2) is 5.96 Å². The summed E-state index contributed by atoms with van der Waals surface area (Å²) in [6, 6.07) is 6.61. The lowest BCUT2D eigenvalue weighted by atomic mass is 9.93. The van der Waals surface area contributed by atoms with Crippen molar-refractivity contribution in [2.45, 2.75) is 57.0 Å². The normalized spacial score (nSPS) is 14.5. The fourth-order valence-corrected chi connectivity index (χ4v) is 3.89. The van der Waals surface area contributed by atoms with Crippen LogP contribution in [0.5, 0.6) is 0 Å². The summed E-state index contributed by atoms with van der Waals surface area (Å²) in [5.41, 5.74) is 11.2. The average molecular weight is 460 g/mol. The van der Waals surface area contributed by atoms with Crippen molar-refractivity contribution >= 4 is 29.6 Å². The first-order chi connectivity index (χ1) is 15.6. The van der Waals surface area contributed by atoms with Gasteiger partial charge in [-0.3, -0.25) is 24.6 Å². The van der Waals surface area contributed by atoms with Gasteiger partial charge in [-0.25, -0.2) is 0 Å². The van der Waals surface area contributed by atoms with Crippen molar-refractivity contribution in [2.75, 3.05) is 13.1 Å². The number of fused-ring (bicyclic) bond motifs is 1. The minimum atomic E-state index is -1.21. The van der Waals surface area contributed by atoms with Gasteiger partial charge in [0.25, 0.3) is 0 Å². The number of hydrogen-bond acceptors (Lipinski definition) is 5. The molecule has 0 heterocycles. The number of primary amides is 1. The highest BCUT2D eigenvalue weighted by atomic mass is 16.2. The molecule has 1 atom stereocenters. The lowest BCUT2D eigenvalue weighted by Crippen LogP contribution is -2.63. The van der Waals surface area contributed by atoms with E-state index < -0.39 is 29.3 Å². The van der Waals surface area contributed by atoms with Crippen molar-refractivity contribution in [3.8, 4) is 0 Å². The standard InChI is InChI=1S/C22H33N7O4/c1-14(30)28-17(8-9-18(23)31)19(32)29-22(12-15-6-2-3-7-16(15)13-22)20(33)26-10-4-5-11-27-21(24)25/h2-3,6-7,17H,4-5,8-13H2,1H3,(H2,23,31)(H,26,33)(H,28,30)(H,29,32)(H4,24,25,27)/t17-/m1/s1. The molecule has 1 aliphatic rings. The number of carbonyl (C=O) groups excluding carboxylic acids is 4. The van der Waals surface area contributed by atoms with Gasteiger partial charge >= 0.3 is 0 Å². The zero-order valence-electron chi connectivity index (χ0n) is 18.8. The van der Waals surface area contributed by atoms with E-state index in [4.69, 9.17) is 16.9 Å². The van der Waals surface area contributed by atoms with Crippen LogP contribution in [-0.2, 0) is 32.0 Å². The molecule has 0 aliphatic heterocycles. The molecule has 33 heavy (non-hydrogen) atoms. The van der Waals surface area contributed by atoms with Crippen LogP contribution in [-0.4, -0.2) is 54.3 Å². The highest BCUT2D eigenvalue weighted by Crippen LogP contribution is 2.30. The molecule has 4 amide bonds. The Morgan fingerprint density at radius 3 is 2.12 bits per heavy atom. The van der Waals surface area contributed by atoms with E-state index in [2.05, 4.69) is 21.3 Å². The Morgan fingerprint density at radius 2 is 1.61 bits per heavy atom. The van der Waals surface area contributed by atoms with Crippen LogP contribution in [0.3, 0.4) is 0 Å². The Bertz CT molecular complexity index is 877. The molecular formula is C22H33N7O4. The molecular weight excluding hydrogens is 426 g/mol. The molecule has 0 spiro atoms. The molecule has 1 aromatic carbocycles. The van der Waals surface area contributed by atoms with Crippen molar-refractivity contribution in [3.05, 3.63) is 35.4 Å². The van der Waals surface area contributed by atoms with Gasteiger partial charge in [-0.05, 0) is 30.4 Å². The number of unbranched alkanes of at least 4 members (excludes halogenated alkanes) is 1. The summed E-state index contributed by atoms with van der Waals surface area (Å²) in [6.07, 6.45) is 1.96. The first kappa shape index (κ1) is 25.6. The zero-order chi connectivity index (χ0) is 24.4. The summed E-state index contributed by atoms with van der Waals surface area (Å²) in [4.78, 5) is 49.1. The maximum absolute atomic E-state index is 13.3. The molecule has 1 aromatic rings. The van der Waals surface area contributed by atoms with Crippen LogP contribution < -0.4 is 32.7 Å². The third-order valence-corrected chi connectivity index (χ3v) is 5.48. The molecule has 9 N–H and O–H groups in total. The number of benzene rings is 1. The quantitative estimate of drug-likeness (QED) is 0.116. The second kappa shape index (κ2) is 11.8. The fourth-order valence-electron chi connectivity index (χ4n) is 3.89. The van der Waals surface area contributed by atoms with Crippen molar-refractivity contribution in [1.29, 1.82) is 5.41 Å². The number of nitrogens with one attached hydrogen (secondary N) is 5. The lowest BCUT2D eigenvalue weighted by molar-refractivity contribution is -0.135. The van der Waals surface area contributed by atoms with E-state index in [1.54, 1.807) is 0 Å². The van der Waals surface area contributed by atoms with E-state index in [0.717, 1.165) is 11.1 Å². The van der Waals surface area contributed by atoms with E-state index in [9.17, 15) is 19.2 Å².